The van der Waals surface area contributed by atoms with Crippen molar-refractivity contribution in [1.82, 2.24) is 20.1 Å². The summed E-state index contributed by atoms with van der Waals surface area (Å²) in [7, 11) is 0. The molecule has 2 aromatic carbocycles. The average Bonchev–Trinajstić information content (AvgIpc) is 3.34. The summed E-state index contributed by atoms with van der Waals surface area (Å²) in [6, 6.07) is 19.0. The Morgan fingerprint density at radius 3 is 2.45 bits per heavy atom. The summed E-state index contributed by atoms with van der Waals surface area (Å²) in [6.45, 7) is 6.96. The number of aromatic nitrogens is 3. The molecular formula is C27H26N4O2. The number of fused-ring (bicyclic) bond motifs is 1. The molecule has 166 valence electrons. The maximum absolute atomic E-state index is 13.5. The van der Waals surface area contributed by atoms with Gasteiger partial charge >= 0.3 is 0 Å². The van der Waals surface area contributed by atoms with Crippen molar-refractivity contribution in [3.8, 4) is 17.0 Å². The Balaban J connectivity index is 1.65. The number of aromatic hydroxyl groups is 1. The van der Waals surface area contributed by atoms with Gasteiger partial charge < -0.3 is 10.0 Å². The van der Waals surface area contributed by atoms with Gasteiger partial charge in [-0.15, -0.1) is 0 Å². The highest BCUT2D eigenvalue weighted by molar-refractivity contribution is 6.00. The molecule has 0 saturated heterocycles. The number of para-hydroxylation sites is 1. The minimum absolute atomic E-state index is 0.0290. The van der Waals surface area contributed by atoms with E-state index in [1.807, 2.05) is 29.2 Å². The van der Waals surface area contributed by atoms with E-state index in [4.69, 9.17) is 0 Å². The molecule has 33 heavy (non-hydrogen) atoms. The van der Waals surface area contributed by atoms with Gasteiger partial charge in [-0.25, -0.2) is 0 Å². The van der Waals surface area contributed by atoms with Crippen molar-refractivity contribution in [3.63, 3.8) is 0 Å². The third kappa shape index (κ3) is 3.67. The second-order valence-electron chi connectivity index (χ2n) is 9.45. The van der Waals surface area contributed by atoms with Crippen LogP contribution < -0.4 is 0 Å². The molecule has 0 radical (unpaired) electrons. The molecule has 1 aliphatic rings. The number of amides is 1. The smallest absolute Gasteiger partial charge is 0.273 e. The van der Waals surface area contributed by atoms with Crippen LogP contribution in [0.5, 0.6) is 5.75 Å². The SMILES string of the molecule is CC(C)(C)c1ccc(C2c3c(-c4ccccc4O)n[nH]c3C(=O)N2Cc2cccnc2)cc1. The van der Waals surface area contributed by atoms with Gasteiger partial charge in [0.25, 0.3) is 5.91 Å². The van der Waals surface area contributed by atoms with Crippen LogP contribution in [-0.4, -0.2) is 31.1 Å². The van der Waals surface area contributed by atoms with Gasteiger partial charge in [-0.05, 0) is 40.3 Å². The summed E-state index contributed by atoms with van der Waals surface area (Å²) in [5.74, 6) is 0.0136. The molecule has 1 amide bonds. The van der Waals surface area contributed by atoms with E-state index in [0.29, 0.717) is 23.5 Å². The Hall–Kier alpha value is -3.93. The van der Waals surface area contributed by atoms with Crippen LogP contribution in [-0.2, 0) is 12.0 Å². The number of aromatic amines is 1. The monoisotopic (exact) mass is 438 g/mol. The van der Waals surface area contributed by atoms with E-state index in [9.17, 15) is 9.90 Å². The number of H-pyrrole nitrogens is 1. The standard InChI is InChI=1S/C27H26N4O2/c1-27(2,3)19-12-10-18(11-13-19)25-22-23(20-8-4-5-9-21(20)32)29-30-24(22)26(33)31(25)16-17-7-6-14-28-15-17/h4-15,25,32H,16H2,1-3H3,(H,29,30). The molecule has 4 aromatic rings. The van der Waals surface area contributed by atoms with Gasteiger partial charge in [0, 0.05) is 30.1 Å². The molecule has 1 unspecified atom stereocenters. The Kier molecular flexibility index (Phi) is 5.01. The quantitative estimate of drug-likeness (QED) is 0.458. The molecule has 6 heteroatoms. The summed E-state index contributed by atoms with van der Waals surface area (Å²) >= 11 is 0. The van der Waals surface area contributed by atoms with E-state index in [-0.39, 0.29) is 23.1 Å². The number of nitrogens with one attached hydrogen (secondary N) is 1. The number of nitrogens with zero attached hydrogens (tertiary/aromatic N) is 3. The zero-order valence-corrected chi connectivity index (χ0v) is 18.9. The molecule has 0 bridgehead atoms. The van der Waals surface area contributed by atoms with Crippen LogP contribution in [0.15, 0.2) is 73.1 Å². The van der Waals surface area contributed by atoms with Gasteiger partial charge in [0.2, 0.25) is 0 Å². The van der Waals surface area contributed by atoms with E-state index < -0.39 is 0 Å². The van der Waals surface area contributed by atoms with Crippen molar-refractivity contribution in [3.05, 3.63) is 101 Å². The summed E-state index contributed by atoms with van der Waals surface area (Å²) in [5, 5.41) is 17.9. The summed E-state index contributed by atoms with van der Waals surface area (Å²) in [4.78, 5) is 19.6. The van der Waals surface area contributed by atoms with Crippen molar-refractivity contribution < 1.29 is 9.90 Å². The first-order chi connectivity index (χ1) is 15.8. The number of benzene rings is 2. The van der Waals surface area contributed by atoms with Crippen LogP contribution in [0, 0.1) is 0 Å². The molecule has 0 saturated carbocycles. The van der Waals surface area contributed by atoms with Crippen molar-refractivity contribution in [2.45, 2.75) is 38.8 Å². The highest BCUT2D eigenvalue weighted by atomic mass is 16.3. The van der Waals surface area contributed by atoms with Gasteiger partial charge in [0.05, 0.1) is 6.04 Å². The van der Waals surface area contributed by atoms with E-state index in [0.717, 1.165) is 16.7 Å². The fraction of sp³-hybridized carbons (Fsp3) is 0.222. The van der Waals surface area contributed by atoms with E-state index >= 15 is 0 Å². The summed E-state index contributed by atoms with van der Waals surface area (Å²) in [5.41, 5.74) is 5.64. The molecule has 1 aliphatic heterocycles. The number of phenols is 1. The fourth-order valence-electron chi connectivity index (χ4n) is 4.44. The number of carbonyl (C=O) groups excluding carboxylic acids is 1. The first-order valence-corrected chi connectivity index (χ1v) is 11.0. The number of hydrogen-bond donors (Lipinski definition) is 2. The highest BCUT2D eigenvalue weighted by Crippen LogP contribution is 2.45. The van der Waals surface area contributed by atoms with Crippen molar-refractivity contribution in [2.24, 2.45) is 0 Å². The molecule has 6 nitrogen and oxygen atoms in total. The molecule has 5 rings (SSSR count). The minimum Gasteiger partial charge on any atom is -0.507 e. The molecule has 0 aliphatic carbocycles. The lowest BCUT2D eigenvalue weighted by Gasteiger charge is -2.27. The third-order valence-corrected chi connectivity index (χ3v) is 6.19. The lowest BCUT2D eigenvalue weighted by molar-refractivity contribution is 0.0730. The van der Waals surface area contributed by atoms with Gasteiger partial charge in [-0.2, -0.15) is 5.10 Å². The Labute approximate surface area is 192 Å². The maximum Gasteiger partial charge on any atom is 0.273 e. The zero-order chi connectivity index (χ0) is 23.2. The van der Waals surface area contributed by atoms with Crippen molar-refractivity contribution in [2.75, 3.05) is 0 Å². The molecular weight excluding hydrogens is 412 g/mol. The number of carbonyl (C=O) groups is 1. The largest absolute Gasteiger partial charge is 0.507 e. The van der Waals surface area contributed by atoms with E-state index in [2.05, 4.69) is 60.2 Å². The maximum atomic E-state index is 13.5. The van der Waals surface area contributed by atoms with E-state index in [1.54, 1.807) is 24.5 Å². The lowest BCUT2D eigenvalue weighted by Crippen LogP contribution is -2.29. The lowest BCUT2D eigenvalue weighted by atomic mass is 9.85. The number of phenolic OH excluding ortho intramolecular Hbond substituents is 1. The predicted octanol–water partition coefficient (Wildman–Crippen LogP) is 5.22. The Morgan fingerprint density at radius 2 is 1.79 bits per heavy atom. The molecule has 2 N–H and O–H groups in total. The van der Waals surface area contributed by atoms with Gasteiger partial charge in [-0.1, -0.05) is 63.2 Å². The summed E-state index contributed by atoms with van der Waals surface area (Å²) in [6.07, 6.45) is 3.50. The highest BCUT2D eigenvalue weighted by Gasteiger charge is 2.42. The van der Waals surface area contributed by atoms with Crippen LogP contribution in [0.3, 0.4) is 0 Å². The zero-order valence-electron chi connectivity index (χ0n) is 18.9. The Morgan fingerprint density at radius 1 is 1.03 bits per heavy atom. The summed E-state index contributed by atoms with van der Waals surface area (Å²) < 4.78 is 0. The van der Waals surface area contributed by atoms with Gasteiger partial charge in [0.1, 0.15) is 17.1 Å². The topological polar surface area (TPSA) is 82.1 Å². The second-order valence-corrected chi connectivity index (χ2v) is 9.45. The normalized spacial score (nSPS) is 15.7. The first-order valence-electron chi connectivity index (χ1n) is 11.0. The van der Waals surface area contributed by atoms with Gasteiger partial charge in [0.15, 0.2) is 0 Å². The first kappa shape index (κ1) is 20.9. The molecule has 0 fully saturated rings. The molecule has 0 spiro atoms. The fourth-order valence-corrected chi connectivity index (χ4v) is 4.44. The predicted molar refractivity (Wildman–Crippen MR) is 127 cm³/mol. The van der Waals surface area contributed by atoms with Crippen molar-refractivity contribution in [1.29, 1.82) is 0 Å². The Bertz CT molecular complexity index is 1300. The number of rotatable bonds is 4. The van der Waals surface area contributed by atoms with Crippen LogP contribution in [0.25, 0.3) is 11.3 Å². The number of pyridine rings is 1. The molecule has 1 atom stereocenters. The third-order valence-electron chi connectivity index (χ3n) is 6.19. The van der Waals surface area contributed by atoms with Crippen LogP contribution in [0.2, 0.25) is 0 Å². The van der Waals surface area contributed by atoms with Crippen LogP contribution in [0.1, 0.15) is 59.6 Å². The molecule has 3 heterocycles. The van der Waals surface area contributed by atoms with E-state index in [1.165, 1.54) is 5.56 Å². The molecule has 2 aromatic heterocycles. The number of hydrogen-bond acceptors (Lipinski definition) is 4. The van der Waals surface area contributed by atoms with Gasteiger partial charge in [-0.3, -0.25) is 14.9 Å². The van der Waals surface area contributed by atoms with Crippen molar-refractivity contribution >= 4 is 5.91 Å². The van der Waals surface area contributed by atoms with Crippen LogP contribution >= 0.6 is 0 Å². The second kappa shape index (κ2) is 7.89. The average molecular weight is 439 g/mol. The minimum atomic E-state index is -0.338. The van der Waals surface area contributed by atoms with Crippen LogP contribution in [0.4, 0.5) is 0 Å².